The molecule has 3 rings (SSSR count). The maximum atomic E-state index is 10.4. The molecule has 1 spiro atoms. The van der Waals surface area contributed by atoms with Gasteiger partial charge in [0.25, 0.3) is 0 Å². The molecule has 134 valence electrons. The molecule has 2 aliphatic heterocycles. The average molecular weight is 374 g/mol. The van der Waals surface area contributed by atoms with E-state index in [1.165, 1.54) is 0 Å². The van der Waals surface area contributed by atoms with Crippen LogP contribution in [0.25, 0.3) is 0 Å². The van der Waals surface area contributed by atoms with Crippen LogP contribution in [0.15, 0.2) is 12.1 Å². The number of rotatable bonds is 3. The molecule has 1 atom stereocenters. The van der Waals surface area contributed by atoms with Crippen LogP contribution < -0.4 is 4.74 Å². The number of benzene rings is 1. The summed E-state index contributed by atoms with van der Waals surface area (Å²) in [6.45, 7) is 5.15. The van der Waals surface area contributed by atoms with Gasteiger partial charge < -0.3 is 14.6 Å². The molecular weight excluding hydrogens is 349 g/mol. The van der Waals surface area contributed by atoms with Crippen LogP contribution in [0.5, 0.6) is 5.75 Å². The highest BCUT2D eigenvalue weighted by atomic mass is 35.5. The number of hydrogen-bond acceptors (Lipinski definition) is 4. The zero-order valence-corrected chi connectivity index (χ0v) is 15.8. The van der Waals surface area contributed by atoms with Crippen LogP contribution in [0.4, 0.5) is 0 Å². The molecule has 1 aromatic carbocycles. The molecule has 6 heteroatoms. The molecule has 0 radical (unpaired) electrons. The summed E-state index contributed by atoms with van der Waals surface area (Å²) in [5, 5.41) is 11.5. The number of ether oxygens (including phenoxy) is 2. The summed E-state index contributed by atoms with van der Waals surface area (Å²) in [6.07, 6.45) is 3.30. The summed E-state index contributed by atoms with van der Waals surface area (Å²) >= 11 is 12.4. The van der Waals surface area contributed by atoms with E-state index in [2.05, 4.69) is 4.90 Å². The van der Waals surface area contributed by atoms with Gasteiger partial charge in [-0.2, -0.15) is 0 Å². The Bertz CT molecular complexity index is 598. The van der Waals surface area contributed by atoms with E-state index in [0.717, 1.165) is 50.9 Å². The molecular formula is C18H25Cl2NO3. The zero-order chi connectivity index (χ0) is 17.4. The van der Waals surface area contributed by atoms with E-state index in [1.54, 1.807) is 13.2 Å². The van der Waals surface area contributed by atoms with Crippen molar-refractivity contribution in [3.8, 4) is 5.75 Å². The van der Waals surface area contributed by atoms with Crippen molar-refractivity contribution in [2.45, 2.75) is 50.4 Å². The van der Waals surface area contributed by atoms with Crippen LogP contribution in [0.2, 0.25) is 10.0 Å². The third kappa shape index (κ3) is 4.00. The van der Waals surface area contributed by atoms with Crippen LogP contribution in [0.3, 0.4) is 0 Å². The van der Waals surface area contributed by atoms with Crippen molar-refractivity contribution in [2.24, 2.45) is 0 Å². The molecule has 1 N–H and O–H groups in total. The number of methoxy groups -OCH3 is 1. The fourth-order valence-electron chi connectivity index (χ4n) is 3.96. The highest BCUT2D eigenvalue weighted by molar-refractivity contribution is 6.35. The van der Waals surface area contributed by atoms with Gasteiger partial charge in [-0.3, -0.25) is 4.90 Å². The van der Waals surface area contributed by atoms with E-state index in [9.17, 15) is 5.11 Å². The van der Waals surface area contributed by atoms with Gasteiger partial charge in [-0.05, 0) is 38.3 Å². The van der Waals surface area contributed by atoms with Gasteiger partial charge in [-0.25, -0.2) is 0 Å². The van der Waals surface area contributed by atoms with Gasteiger partial charge in [0.15, 0.2) is 0 Å². The number of likely N-dealkylation sites (tertiary alicyclic amines) is 1. The predicted molar refractivity (Wildman–Crippen MR) is 96.1 cm³/mol. The molecule has 0 aromatic heterocycles. The lowest BCUT2D eigenvalue weighted by Gasteiger charge is -2.48. The lowest BCUT2D eigenvalue weighted by Crippen LogP contribution is -2.53. The smallest absolute Gasteiger partial charge is 0.142 e. The number of piperidine rings is 1. The van der Waals surface area contributed by atoms with E-state index in [0.29, 0.717) is 22.4 Å². The Labute approximate surface area is 153 Å². The molecule has 1 unspecified atom stereocenters. The first kappa shape index (κ1) is 18.3. The van der Waals surface area contributed by atoms with Crippen LogP contribution >= 0.6 is 23.2 Å². The molecule has 0 bridgehead atoms. The summed E-state index contributed by atoms with van der Waals surface area (Å²) in [7, 11) is 1.63. The monoisotopic (exact) mass is 373 g/mol. The van der Waals surface area contributed by atoms with E-state index in [4.69, 9.17) is 32.7 Å². The van der Waals surface area contributed by atoms with Crippen LogP contribution in [-0.2, 0) is 11.3 Å². The van der Waals surface area contributed by atoms with E-state index >= 15 is 0 Å². The number of hydrogen-bond donors (Lipinski definition) is 1. The third-order valence-corrected chi connectivity index (χ3v) is 5.70. The predicted octanol–water partition coefficient (Wildman–Crippen LogP) is 3.90. The van der Waals surface area contributed by atoms with Crippen molar-refractivity contribution in [2.75, 3.05) is 26.8 Å². The van der Waals surface area contributed by atoms with Gasteiger partial charge in [-0.15, -0.1) is 0 Å². The quantitative estimate of drug-likeness (QED) is 0.872. The number of nitrogens with zero attached hydrogens (tertiary/aromatic N) is 1. The molecule has 2 fully saturated rings. The zero-order valence-electron chi connectivity index (χ0n) is 14.3. The van der Waals surface area contributed by atoms with Gasteiger partial charge in [0.2, 0.25) is 0 Å². The second-order valence-corrected chi connectivity index (χ2v) is 8.15. The van der Waals surface area contributed by atoms with Gasteiger partial charge in [0.05, 0.1) is 29.9 Å². The fourth-order valence-corrected chi connectivity index (χ4v) is 4.57. The molecule has 1 aromatic rings. The van der Waals surface area contributed by atoms with Crippen LogP contribution in [-0.4, -0.2) is 48.0 Å². The minimum absolute atomic E-state index is 0.172. The molecule has 0 saturated carbocycles. The largest absolute Gasteiger partial charge is 0.495 e. The van der Waals surface area contributed by atoms with Crippen LogP contribution in [0.1, 0.15) is 38.2 Å². The van der Waals surface area contributed by atoms with Crippen LogP contribution in [0, 0.1) is 0 Å². The van der Waals surface area contributed by atoms with E-state index in [1.807, 2.05) is 13.0 Å². The molecule has 0 aliphatic carbocycles. The summed E-state index contributed by atoms with van der Waals surface area (Å²) in [4.78, 5) is 2.36. The number of aliphatic hydroxyl groups is 1. The highest BCUT2D eigenvalue weighted by Crippen LogP contribution is 2.40. The van der Waals surface area contributed by atoms with Gasteiger partial charge in [-0.1, -0.05) is 23.2 Å². The Kier molecular flexibility index (Phi) is 5.33. The highest BCUT2D eigenvalue weighted by Gasteiger charge is 2.44. The Hall–Kier alpha value is -0.520. The lowest BCUT2D eigenvalue weighted by atomic mass is 9.78. The summed E-state index contributed by atoms with van der Waals surface area (Å²) in [6, 6.07) is 3.62. The van der Waals surface area contributed by atoms with Gasteiger partial charge in [0, 0.05) is 36.6 Å². The van der Waals surface area contributed by atoms with Gasteiger partial charge in [0.1, 0.15) is 5.75 Å². The Morgan fingerprint density at radius 2 is 1.96 bits per heavy atom. The lowest BCUT2D eigenvalue weighted by molar-refractivity contribution is -0.173. The SMILES string of the molecule is COc1c(Cl)cc(Cl)cc1CN1CCC2(CC1)CC(C)(O)CCO2. The molecule has 2 aliphatic rings. The van der Waals surface area contributed by atoms with Gasteiger partial charge >= 0.3 is 0 Å². The topological polar surface area (TPSA) is 41.9 Å². The Morgan fingerprint density at radius 3 is 2.58 bits per heavy atom. The first-order valence-electron chi connectivity index (χ1n) is 8.43. The Balaban J connectivity index is 1.66. The van der Waals surface area contributed by atoms with Crippen molar-refractivity contribution >= 4 is 23.2 Å². The first-order chi connectivity index (χ1) is 11.3. The van der Waals surface area contributed by atoms with Crippen molar-refractivity contribution in [1.82, 2.24) is 4.90 Å². The standard InChI is InChI=1S/C18H25Cl2NO3/c1-17(22)5-8-24-18(12-17)3-6-21(7-4-18)11-13-9-14(19)10-15(20)16(13)23-2/h9-10,22H,3-8,11-12H2,1-2H3. The molecule has 24 heavy (non-hydrogen) atoms. The van der Waals surface area contributed by atoms with E-state index < -0.39 is 5.60 Å². The molecule has 2 saturated heterocycles. The molecule has 0 amide bonds. The Morgan fingerprint density at radius 1 is 1.25 bits per heavy atom. The van der Waals surface area contributed by atoms with Crippen molar-refractivity contribution < 1.29 is 14.6 Å². The van der Waals surface area contributed by atoms with Crippen molar-refractivity contribution in [3.05, 3.63) is 27.7 Å². The number of halogens is 2. The first-order valence-corrected chi connectivity index (χ1v) is 9.19. The van der Waals surface area contributed by atoms with Crippen molar-refractivity contribution in [1.29, 1.82) is 0 Å². The van der Waals surface area contributed by atoms with Crippen molar-refractivity contribution in [3.63, 3.8) is 0 Å². The summed E-state index contributed by atoms with van der Waals surface area (Å²) < 4.78 is 11.5. The fraction of sp³-hybridized carbons (Fsp3) is 0.667. The molecule has 4 nitrogen and oxygen atoms in total. The second-order valence-electron chi connectivity index (χ2n) is 7.31. The maximum absolute atomic E-state index is 10.4. The summed E-state index contributed by atoms with van der Waals surface area (Å²) in [5.41, 5.74) is 0.223. The summed E-state index contributed by atoms with van der Waals surface area (Å²) in [5.74, 6) is 0.693. The minimum atomic E-state index is -0.607. The second kappa shape index (κ2) is 7.00. The minimum Gasteiger partial charge on any atom is -0.495 e. The maximum Gasteiger partial charge on any atom is 0.142 e. The van der Waals surface area contributed by atoms with E-state index in [-0.39, 0.29) is 5.60 Å². The average Bonchev–Trinajstić information content (AvgIpc) is 2.48. The normalized spacial score (nSPS) is 27.4. The third-order valence-electron chi connectivity index (χ3n) is 5.20. The molecule has 2 heterocycles.